The summed E-state index contributed by atoms with van der Waals surface area (Å²) in [4.78, 5) is 11.8. The van der Waals surface area contributed by atoms with Crippen molar-refractivity contribution < 1.29 is 4.79 Å². The monoisotopic (exact) mass is 298 g/mol. The SMILES string of the molecule is O=C(NN=CC1CCCCC1)c1ccc(Cl)c(Cl)c1. The molecule has 19 heavy (non-hydrogen) atoms. The molecule has 0 unspecified atom stereocenters. The summed E-state index contributed by atoms with van der Waals surface area (Å²) < 4.78 is 0. The van der Waals surface area contributed by atoms with E-state index in [2.05, 4.69) is 10.5 Å². The summed E-state index contributed by atoms with van der Waals surface area (Å²) >= 11 is 11.7. The summed E-state index contributed by atoms with van der Waals surface area (Å²) in [6.07, 6.45) is 7.96. The van der Waals surface area contributed by atoms with Crippen molar-refractivity contribution in [3.8, 4) is 0 Å². The van der Waals surface area contributed by atoms with Crippen LogP contribution in [-0.4, -0.2) is 12.1 Å². The number of rotatable bonds is 3. The maximum Gasteiger partial charge on any atom is 0.271 e. The molecule has 3 nitrogen and oxygen atoms in total. The van der Waals surface area contributed by atoms with Gasteiger partial charge >= 0.3 is 0 Å². The van der Waals surface area contributed by atoms with Gasteiger partial charge in [-0.2, -0.15) is 5.10 Å². The number of carbonyl (C=O) groups is 1. The minimum absolute atomic E-state index is 0.273. The zero-order valence-corrected chi connectivity index (χ0v) is 12.0. The second kappa shape index (κ2) is 6.92. The first kappa shape index (κ1) is 14.4. The summed E-state index contributed by atoms with van der Waals surface area (Å²) in [6.45, 7) is 0. The molecule has 1 aliphatic carbocycles. The number of benzene rings is 1. The number of nitrogens with zero attached hydrogens (tertiary/aromatic N) is 1. The zero-order chi connectivity index (χ0) is 13.7. The highest BCUT2D eigenvalue weighted by Gasteiger charge is 2.11. The summed E-state index contributed by atoms with van der Waals surface area (Å²) in [6, 6.07) is 4.76. The van der Waals surface area contributed by atoms with E-state index in [0.717, 1.165) is 12.8 Å². The molecular formula is C14H16Cl2N2O. The maximum atomic E-state index is 11.8. The van der Waals surface area contributed by atoms with Crippen LogP contribution in [-0.2, 0) is 0 Å². The van der Waals surface area contributed by atoms with Crippen LogP contribution in [0, 0.1) is 5.92 Å². The van der Waals surface area contributed by atoms with Gasteiger partial charge in [0.15, 0.2) is 0 Å². The van der Waals surface area contributed by atoms with E-state index in [0.29, 0.717) is 21.5 Å². The lowest BCUT2D eigenvalue weighted by Gasteiger charge is -2.16. The molecule has 1 saturated carbocycles. The van der Waals surface area contributed by atoms with Gasteiger partial charge in [0.1, 0.15) is 0 Å². The molecule has 0 saturated heterocycles. The average molecular weight is 299 g/mol. The third-order valence-corrected chi connectivity index (χ3v) is 4.02. The fourth-order valence-electron chi connectivity index (χ4n) is 2.19. The highest BCUT2D eigenvalue weighted by molar-refractivity contribution is 6.42. The molecule has 1 aliphatic rings. The Morgan fingerprint density at radius 2 is 1.95 bits per heavy atom. The van der Waals surface area contributed by atoms with Crippen LogP contribution in [0.3, 0.4) is 0 Å². The van der Waals surface area contributed by atoms with Crippen molar-refractivity contribution in [3.05, 3.63) is 33.8 Å². The second-order valence-electron chi connectivity index (χ2n) is 4.75. The first-order valence-corrected chi connectivity index (χ1v) is 7.21. The second-order valence-corrected chi connectivity index (χ2v) is 5.56. The van der Waals surface area contributed by atoms with E-state index in [1.165, 1.54) is 25.3 Å². The molecule has 1 amide bonds. The van der Waals surface area contributed by atoms with E-state index in [-0.39, 0.29) is 5.91 Å². The van der Waals surface area contributed by atoms with Crippen molar-refractivity contribution in [2.45, 2.75) is 32.1 Å². The van der Waals surface area contributed by atoms with Crippen LogP contribution in [0.15, 0.2) is 23.3 Å². The lowest BCUT2D eigenvalue weighted by Crippen LogP contribution is -2.19. The molecule has 5 heteroatoms. The minimum atomic E-state index is -0.273. The Hall–Kier alpha value is -1.06. The first-order chi connectivity index (χ1) is 9.16. The Morgan fingerprint density at radius 3 is 2.63 bits per heavy atom. The average Bonchev–Trinajstić information content (AvgIpc) is 2.43. The molecule has 0 heterocycles. The summed E-state index contributed by atoms with van der Waals surface area (Å²) in [7, 11) is 0. The van der Waals surface area contributed by atoms with Gasteiger partial charge in [0.2, 0.25) is 0 Å². The molecular weight excluding hydrogens is 283 g/mol. The number of carbonyl (C=O) groups excluding carboxylic acids is 1. The van der Waals surface area contributed by atoms with Crippen LogP contribution in [0.1, 0.15) is 42.5 Å². The third kappa shape index (κ3) is 4.22. The Morgan fingerprint density at radius 1 is 1.21 bits per heavy atom. The molecule has 2 rings (SSSR count). The number of nitrogens with one attached hydrogen (secondary N) is 1. The smallest absolute Gasteiger partial charge is 0.267 e. The molecule has 1 N–H and O–H groups in total. The molecule has 0 aromatic heterocycles. The lowest BCUT2D eigenvalue weighted by atomic mass is 9.90. The zero-order valence-electron chi connectivity index (χ0n) is 10.5. The number of hydrazone groups is 1. The Bertz CT molecular complexity index is 482. The van der Waals surface area contributed by atoms with Gasteiger partial charge in [-0.3, -0.25) is 4.79 Å². The molecule has 102 valence electrons. The van der Waals surface area contributed by atoms with Gasteiger partial charge < -0.3 is 0 Å². The molecule has 1 fully saturated rings. The van der Waals surface area contributed by atoms with Crippen LogP contribution >= 0.6 is 23.2 Å². The van der Waals surface area contributed by atoms with Gasteiger partial charge in [0.05, 0.1) is 10.0 Å². The third-order valence-electron chi connectivity index (χ3n) is 3.28. The normalized spacial score (nSPS) is 16.7. The van der Waals surface area contributed by atoms with E-state index < -0.39 is 0 Å². The predicted octanol–water partition coefficient (Wildman–Crippen LogP) is 4.29. The van der Waals surface area contributed by atoms with Crippen molar-refractivity contribution in [2.75, 3.05) is 0 Å². The van der Waals surface area contributed by atoms with E-state index in [1.807, 2.05) is 6.21 Å². The van der Waals surface area contributed by atoms with Crippen molar-refractivity contribution in [1.29, 1.82) is 0 Å². The van der Waals surface area contributed by atoms with Gasteiger partial charge in [-0.25, -0.2) is 5.43 Å². The number of hydrogen-bond donors (Lipinski definition) is 1. The highest BCUT2D eigenvalue weighted by Crippen LogP contribution is 2.23. The summed E-state index contributed by atoms with van der Waals surface area (Å²) in [5.41, 5.74) is 2.98. The maximum absolute atomic E-state index is 11.8. The van der Waals surface area contributed by atoms with Gasteiger partial charge in [-0.1, -0.05) is 42.5 Å². The van der Waals surface area contributed by atoms with Gasteiger partial charge in [-0.05, 0) is 37.0 Å². The fourth-order valence-corrected chi connectivity index (χ4v) is 2.48. The van der Waals surface area contributed by atoms with Gasteiger partial charge in [-0.15, -0.1) is 0 Å². The summed E-state index contributed by atoms with van der Waals surface area (Å²) in [5.74, 6) is 0.216. The standard InChI is InChI=1S/C14H16Cl2N2O/c15-12-7-6-11(8-13(12)16)14(19)18-17-9-10-4-2-1-3-5-10/h6-10H,1-5H2,(H,18,19). The van der Waals surface area contributed by atoms with Crippen molar-refractivity contribution in [1.82, 2.24) is 5.43 Å². The Balaban J connectivity index is 1.89. The predicted molar refractivity (Wildman–Crippen MR) is 79.0 cm³/mol. The molecule has 1 aromatic carbocycles. The first-order valence-electron chi connectivity index (χ1n) is 6.45. The van der Waals surface area contributed by atoms with Crippen LogP contribution in [0.5, 0.6) is 0 Å². The van der Waals surface area contributed by atoms with Crippen molar-refractivity contribution in [3.63, 3.8) is 0 Å². The van der Waals surface area contributed by atoms with Crippen LogP contribution in [0.25, 0.3) is 0 Å². The minimum Gasteiger partial charge on any atom is -0.267 e. The largest absolute Gasteiger partial charge is 0.271 e. The number of halogens is 2. The van der Waals surface area contributed by atoms with E-state index in [4.69, 9.17) is 23.2 Å². The quantitative estimate of drug-likeness (QED) is 0.656. The highest BCUT2D eigenvalue weighted by atomic mass is 35.5. The Labute approximate surface area is 123 Å². The lowest BCUT2D eigenvalue weighted by molar-refractivity contribution is 0.0955. The van der Waals surface area contributed by atoms with Gasteiger partial charge in [0, 0.05) is 11.8 Å². The Kier molecular flexibility index (Phi) is 5.23. The van der Waals surface area contributed by atoms with E-state index >= 15 is 0 Å². The molecule has 0 spiro atoms. The van der Waals surface area contributed by atoms with E-state index in [1.54, 1.807) is 12.1 Å². The molecule has 0 bridgehead atoms. The number of amides is 1. The van der Waals surface area contributed by atoms with Gasteiger partial charge in [0.25, 0.3) is 5.91 Å². The summed E-state index contributed by atoms with van der Waals surface area (Å²) in [5, 5.41) is 4.82. The molecule has 0 radical (unpaired) electrons. The molecule has 1 aromatic rings. The van der Waals surface area contributed by atoms with E-state index in [9.17, 15) is 4.79 Å². The van der Waals surface area contributed by atoms with Crippen LogP contribution < -0.4 is 5.43 Å². The topological polar surface area (TPSA) is 41.5 Å². The molecule has 0 aliphatic heterocycles. The number of hydrogen-bond acceptors (Lipinski definition) is 2. The van der Waals surface area contributed by atoms with Crippen molar-refractivity contribution >= 4 is 35.3 Å². The fraction of sp³-hybridized carbons (Fsp3) is 0.429. The van der Waals surface area contributed by atoms with Crippen LogP contribution in [0.2, 0.25) is 10.0 Å². The van der Waals surface area contributed by atoms with Crippen LogP contribution in [0.4, 0.5) is 0 Å². The molecule has 0 atom stereocenters. The van der Waals surface area contributed by atoms with Crippen molar-refractivity contribution in [2.24, 2.45) is 11.0 Å².